The van der Waals surface area contributed by atoms with Gasteiger partial charge < -0.3 is 10.5 Å². The van der Waals surface area contributed by atoms with Crippen LogP contribution in [0.4, 0.5) is 8.78 Å². The number of hydrogen-bond donors (Lipinski definition) is 1. The molecule has 0 aliphatic rings. The summed E-state index contributed by atoms with van der Waals surface area (Å²) in [6, 6.07) is 2.77. The molecular weight excluding hydrogens is 204 g/mol. The lowest BCUT2D eigenvalue weighted by atomic mass is 10.0. The van der Waals surface area contributed by atoms with Crippen LogP contribution >= 0.6 is 0 Å². The van der Waals surface area contributed by atoms with Crippen molar-refractivity contribution in [1.82, 2.24) is 0 Å². The average molecular weight is 215 g/mol. The molecular formula is C10H11F2NO2. The molecule has 1 rings (SSSR count). The maximum Gasteiger partial charge on any atom is 0.307 e. The molecule has 0 aliphatic heterocycles. The number of nitrogens with two attached hydrogens (primary N) is 1. The van der Waals surface area contributed by atoms with Crippen LogP contribution in [0.2, 0.25) is 0 Å². The van der Waals surface area contributed by atoms with Gasteiger partial charge in [0.15, 0.2) is 11.6 Å². The smallest absolute Gasteiger partial charge is 0.307 e. The second-order valence-electron chi connectivity index (χ2n) is 3.03. The number of carbonyl (C=O) groups is 1. The Morgan fingerprint density at radius 3 is 2.80 bits per heavy atom. The van der Waals surface area contributed by atoms with Crippen LogP contribution in [0.15, 0.2) is 18.2 Å². The van der Waals surface area contributed by atoms with Gasteiger partial charge in [-0.2, -0.15) is 0 Å². The Balaban J connectivity index is 2.86. The molecule has 0 bridgehead atoms. The highest BCUT2D eigenvalue weighted by atomic mass is 19.2. The van der Waals surface area contributed by atoms with E-state index in [0.717, 1.165) is 6.07 Å². The number of methoxy groups -OCH3 is 1. The molecule has 0 spiro atoms. The molecule has 0 fully saturated rings. The zero-order chi connectivity index (χ0) is 11.4. The van der Waals surface area contributed by atoms with Crippen molar-refractivity contribution in [3.05, 3.63) is 35.4 Å². The van der Waals surface area contributed by atoms with Gasteiger partial charge in [-0.05, 0) is 6.07 Å². The molecule has 0 heterocycles. The van der Waals surface area contributed by atoms with E-state index in [1.54, 1.807) is 0 Å². The fourth-order valence-corrected chi connectivity index (χ4v) is 1.18. The van der Waals surface area contributed by atoms with E-state index in [0.29, 0.717) is 0 Å². The van der Waals surface area contributed by atoms with Gasteiger partial charge in [-0.15, -0.1) is 0 Å². The van der Waals surface area contributed by atoms with Gasteiger partial charge in [-0.3, -0.25) is 4.79 Å². The molecule has 0 saturated carbocycles. The fourth-order valence-electron chi connectivity index (χ4n) is 1.18. The Hall–Kier alpha value is -1.49. The van der Waals surface area contributed by atoms with Gasteiger partial charge in [0.05, 0.1) is 13.5 Å². The molecule has 3 nitrogen and oxygen atoms in total. The van der Waals surface area contributed by atoms with Crippen molar-refractivity contribution in [2.24, 2.45) is 5.73 Å². The topological polar surface area (TPSA) is 52.3 Å². The molecule has 2 N–H and O–H groups in total. The lowest BCUT2D eigenvalue weighted by Gasteiger charge is -2.11. The first-order chi connectivity index (χ1) is 7.06. The second kappa shape index (κ2) is 4.84. The zero-order valence-corrected chi connectivity index (χ0v) is 8.17. The second-order valence-corrected chi connectivity index (χ2v) is 3.03. The summed E-state index contributed by atoms with van der Waals surface area (Å²) in [5, 5.41) is 0. The highest BCUT2D eigenvalue weighted by Crippen LogP contribution is 2.20. The minimum absolute atomic E-state index is 0.0274. The van der Waals surface area contributed by atoms with Crippen LogP contribution in [0.1, 0.15) is 18.0 Å². The number of rotatable bonds is 3. The molecule has 0 aromatic heterocycles. The van der Waals surface area contributed by atoms with E-state index in [9.17, 15) is 13.6 Å². The molecule has 0 radical (unpaired) electrons. The Labute approximate surface area is 85.8 Å². The van der Waals surface area contributed by atoms with Crippen molar-refractivity contribution in [1.29, 1.82) is 0 Å². The van der Waals surface area contributed by atoms with Crippen LogP contribution in [0.25, 0.3) is 0 Å². The van der Waals surface area contributed by atoms with Crippen LogP contribution in [0.3, 0.4) is 0 Å². The lowest BCUT2D eigenvalue weighted by Crippen LogP contribution is -2.18. The van der Waals surface area contributed by atoms with Crippen molar-refractivity contribution in [2.75, 3.05) is 7.11 Å². The third-order valence-electron chi connectivity index (χ3n) is 2.00. The minimum Gasteiger partial charge on any atom is -0.469 e. The number of halogens is 2. The van der Waals surface area contributed by atoms with E-state index in [-0.39, 0.29) is 12.0 Å². The van der Waals surface area contributed by atoms with Gasteiger partial charge in [0.2, 0.25) is 0 Å². The van der Waals surface area contributed by atoms with Crippen molar-refractivity contribution >= 4 is 5.97 Å². The van der Waals surface area contributed by atoms with Crippen molar-refractivity contribution in [3.8, 4) is 0 Å². The van der Waals surface area contributed by atoms with Crippen LogP contribution in [-0.2, 0) is 9.53 Å². The number of benzene rings is 1. The molecule has 1 aromatic carbocycles. The molecule has 1 unspecified atom stereocenters. The maximum absolute atomic E-state index is 13.2. The molecule has 0 aliphatic carbocycles. The van der Waals surface area contributed by atoms with Crippen LogP contribution in [-0.4, -0.2) is 13.1 Å². The van der Waals surface area contributed by atoms with E-state index in [1.807, 2.05) is 0 Å². The van der Waals surface area contributed by atoms with Crippen molar-refractivity contribution < 1.29 is 18.3 Å². The summed E-state index contributed by atoms with van der Waals surface area (Å²) in [6.07, 6.45) is -0.184. The summed E-state index contributed by atoms with van der Waals surface area (Å²) in [5.74, 6) is -2.56. The van der Waals surface area contributed by atoms with E-state index < -0.39 is 23.6 Å². The number of carbonyl (C=O) groups excluding carboxylic acids is 1. The first-order valence-corrected chi connectivity index (χ1v) is 4.32. The first kappa shape index (κ1) is 11.6. The van der Waals surface area contributed by atoms with E-state index in [2.05, 4.69) is 4.74 Å². The highest BCUT2D eigenvalue weighted by molar-refractivity contribution is 5.70. The summed E-state index contributed by atoms with van der Waals surface area (Å²) in [4.78, 5) is 10.9. The molecule has 0 saturated heterocycles. The Morgan fingerprint density at radius 2 is 2.20 bits per heavy atom. The number of esters is 1. The average Bonchev–Trinajstić information content (AvgIpc) is 2.21. The van der Waals surface area contributed by atoms with E-state index >= 15 is 0 Å². The summed E-state index contributed by atoms with van der Waals surface area (Å²) in [7, 11) is 1.21. The van der Waals surface area contributed by atoms with E-state index in [1.165, 1.54) is 19.2 Å². The predicted octanol–water partition coefficient (Wildman–Crippen LogP) is 1.53. The van der Waals surface area contributed by atoms with Gasteiger partial charge in [0.1, 0.15) is 0 Å². The monoisotopic (exact) mass is 215 g/mol. The molecule has 0 amide bonds. The molecule has 1 atom stereocenters. The van der Waals surface area contributed by atoms with Gasteiger partial charge in [0, 0.05) is 11.6 Å². The number of hydrogen-bond acceptors (Lipinski definition) is 3. The van der Waals surface area contributed by atoms with Gasteiger partial charge in [-0.1, -0.05) is 12.1 Å². The van der Waals surface area contributed by atoms with Gasteiger partial charge >= 0.3 is 5.97 Å². The summed E-state index contributed by atoms with van der Waals surface area (Å²) in [5.41, 5.74) is 5.51. The summed E-state index contributed by atoms with van der Waals surface area (Å²) < 4.78 is 30.4. The van der Waals surface area contributed by atoms with Crippen LogP contribution in [0.5, 0.6) is 0 Å². The van der Waals surface area contributed by atoms with Crippen molar-refractivity contribution in [3.63, 3.8) is 0 Å². The minimum atomic E-state index is -1.02. The normalized spacial score (nSPS) is 12.3. The summed E-state index contributed by atoms with van der Waals surface area (Å²) >= 11 is 0. The van der Waals surface area contributed by atoms with E-state index in [4.69, 9.17) is 5.73 Å². The summed E-state index contributed by atoms with van der Waals surface area (Å²) in [6.45, 7) is 0. The first-order valence-electron chi connectivity index (χ1n) is 4.32. The van der Waals surface area contributed by atoms with Crippen LogP contribution in [0, 0.1) is 11.6 Å². The maximum atomic E-state index is 13.2. The Bertz CT molecular complexity index is 368. The molecule has 1 aromatic rings. The molecule has 82 valence electrons. The largest absolute Gasteiger partial charge is 0.469 e. The highest BCUT2D eigenvalue weighted by Gasteiger charge is 2.17. The zero-order valence-electron chi connectivity index (χ0n) is 8.17. The standard InChI is InChI=1S/C10H11F2NO2/c1-15-9(14)5-8(13)6-3-2-4-7(11)10(6)12/h2-4,8H,5,13H2,1H3. The predicted molar refractivity (Wildman–Crippen MR) is 49.9 cm³/mol. The number of ether oxygens (including phenoxy) is 1. The SMILES string of the molecule is COC(=O)CC(N)c1cccc(F)c1F. The third kappa shape index (κ3) is 2.73. The Kier molecular flexibility index (Phi) is 3.74. The lowest BCUT2D eigenvalue weighted by molar-refractivity contribution is -0.141. The van der Waals surface area contributed by atoms with Crippen LogP contribution < -0.4 is 5.73 Å². The van der Waals surface area contributed by atoms with Gasteiger partial charge in [-0.25, -0.2) is 8.78 Å². The molecule has 5 heteroatoms. The van der Waals surface area contributed by atoms with Crippen molar-refractivity contribution in [2.45, 2.75) is 12.5 Å². The van der Waals surface area contributed by atoms with Gasteiger partial charge in [0.25, 0.3) is 0 Å². The molecule has 15 heavy (non-hydrogen) atoms. The fraction of sp³-hybridized carbons (Fsp3) is 0.300. The Morgan fingerprint density at radius 1 is 1.53 bits per heavy atom. The quantitative estimate of drug-likeness (QED) is 0.778. The third-order valence-corrected chi connectivity index (χ3v) is 2.00.